The van der Waals surface area contributed by atoms with Crippen molar-refractivity contribution in [2.75, 3.05) is 33.3 Å². The number of carbonyl (C=O) groups is 1. The number of nitrogens with one attached hydrogen (secondary N) is 1. The Hall–Kier alpha value is -2.12. The molecule has 7 nitrogen and oxygen atoms in total. The third kappa shape index (κ3) is 4.05. The van der Waals surface area contributed by atoms with Crippen LogP contribution in [0.15, 0.2) is 24.5 Å². The largest absolute Gasteiger partial charge is 0.365 e. The van der Waals surface area contributed by atoms with Gasteiger partial charge in [0.1, 0.15) is 11.4 Å². The molecular formula is C23H33N5O2. The molecule has 2 aliphatic heterocycles. The molecule has 0 atom stereocenters. The number of aryl methyl sites for hydroxylation is 1. The summed E-state index contributed by atoms with van der Waals surface area (Å²) in [5.74, 6) is 2.20. The van der Waals surface area contributed by atoms with Gasteiger partial charge in [-0.1, -0.05) is 0 Å². The van der Waals surface area contributed by atoms with Crippen molar-refractivity contribution in [1.82, 2.24) is 24.3 Å². The predicted molar refractivity (Wildman–Crippen MR) is 114 cm³/mol. The maximum absolute atomic E-state index is 12.7. The lowest BCUT2D eigenvalue weighted by atomic mass is 9.89. The van der Waals surface area contributed by atoms with E-state index in [1.54, 1.807) is 0 Å². The highest BCUT2D eigenvalue weighted by Crippen LogP contribution is 2.39. The number of aromatic amines is 1. The number of piperidine rings is 1. The first-order valence-corrected chi connectivity index (χ1v) is 11.4. The zero-order valence-electron chi connectivity index (χ0n) is 18.0. The molecule has 1 aliphatic carbocycles. The van der Waals surface area contributed by atoms with Crippen LogP contribution in [0.3, 0.4) is 0 Å². The molecular weight excluding hydrogens is 378 g/mol. The molecule has 1 saturated heterocycles. The van der Waals surface area contributed by atoms with Gasteiger partial charge in [-0.2, -0.15) is 0 Å². The average molecular weight is 412 g/mol. The Labute approximate surface area is 178 Å². The van der Waals surface area contributed by atoms with Crippen LogP contribution in [0.1, 0.15) is 49.3 Å². The number of hydrogen-bond donors (Lipinski definition) is 1. The Morgan fingerprint density at radius 2 is 2.17 bits per heavy atom. The predicted octanol–water partition coefficient (Wildman–Crippen LogP) is 2.53. The molecule has 4 heterocycles. The second-order valence-electron chi connectivity index (χ2n) is 9.28. The lowest BCUT2D eigenvalue weighted by Gasteiger charge is -2.43. The highest BCUT2D eigenvalue weighted by Gasteiger charge is 2.44. The molecule has 30 heavy (non-hydrogen) atoms. The van der Waals surface area contributed by atoms with Crippen LogP contribution >= 0.6 is 0 Å². The molecule has 2 aromatic rings. The minimum absolute atomic E-state index is 0.237. The molecule has 3 aliphatic rings. The van der Waals surface area contributed by atoms with Crippen LogP contribution in [0.5, 0.6) is 0 Å². The lowest BCUT2D eigenvalue weighted by Crippen LogP contribution is -2.50. The second-order valence-corrected chi connectivity index (χ2v) is 9.28. The molecule has 7 heteroatoms. The number of aromatic nitrogens is 3. The molecule has 2 fully saturated rings. The highest BCUT2D eigenvalue weighted by atomic mass is 16.5. The Bertz CT molecular complexity index is 862. The number of rotatable bonds is 7. The van der Waals surface area contributed by atoms with Crippen molar-refractivity contribution in [3.8, 4) is 0 Å². The van der Waals surface area contributed by atoms with Crippen molar-refractivity contribution in [2.45, 2.75) is 57.2 Å². The molecule has 0 aromatic carbocycles. The summed E-state index contributed by atoms with van der Waals surface area (Å²) in [5, 5.41) is 0. The van der Waals surface area contributed by atoms with Crippen LogP contribution in [-0.4, -0.2) is 63.5 Å². The van der Waals surface area contributed by atoms with E-state index in [0.29, 0.717) is 6.42 Å². The van der Waals surface area contributed by atoms with E-state index in [1.807, 2.05) is 29.4 Å². The molecule has 1 saturated carbocycles. The van der Waals surface area contributed by atoms with E-state index in [9.17, 15) is 4.79 Å². The fourth-order valence-electron chi connectivity index (χ4n) is 5.04. The normalized spacial score (nSPS) is 20.7. The van der Waals surface area contributed by atoms with E-state index in [1.165, 1.54) is 25.1 Å². The van der Waals surface area contributed by atoms with Crippen LogP contribution in [0.2, 0.25) is 0 Å². The zero-order chi connectivity index (χ0) is 20.6. The van der Waals surface area contributed by atoms with Crippen molar-refractivity contribution in [1.29, 1.82) is 0 Å². The smallest absolute Gasteiger partial charge is 0.222 e. The number of fused-ring (bicyclic) bond motifs is 2. The molecule has 1 N–H and O–H groups in total. The Morgan fingerprint density at radius 3 is 2.90 bits per heavy atom. The van der Waals surface area contributed by atoms with Gasteiger partial charge >= 0.3 is 0 Å². The van der Waals surface area contributed by atoms with E-state index < -0.39 is 0 Å². The number of H-pyrrole nitrogens is 1. The van der Waals surface area contributed by atoms with Gasteiger partial charge in [-0.25, -0.2) is 4.98 Å². The SMILES string of the molecule is CN(Cc1cnc2n1CCOC21CCN(C(=O)CCc2ccc[nH]2)CC1)CC1CC1. The van der Waals surface area contributed by atoms with Crippen LogP contribution in [-0.2, 0) is 34.6 Å². The summed E-state index contributed by atoms with van der Waals surface area (Å²) in [4.78, 5) is 25.1. The fourth-order valence-corrected chi connectivity index (χ4v) is 5.04. The minimum Gasteiger partial charge on any atom is -0.365 e. The van der Waals surface area contributed by atoms with Gasteiger partial charge in [0.05, 0.1) is 12.3 Å². The molecule has 0 bridgehead atoms. The van der Waals surface area contributed by atoms with Gasteiger partial charge in [0, 0.05) is 70.1 Å². The van der Waals surface area contributed by atoms with Gasteiger partial charge in [0.2, 0.25) is 5.91 Å². The number of likely N-dealkylation sites (tertiary alicyclic amines) is 1. The standard InChI is InChI=1S/C23H33N5O2/c1-26(16-18-4-5-18)17-20-15-25-22-23(30-14-13-28(20)22)8-11-27(12-9-23)21(29)7-6-19-3-2-10-24-19/h2-3,10,15,18,24H,4-9,11-14,16-17H2,1H3. The van der Waals surface area contributed by atoms with Crippen LogP contribution in [0.4, 0.5) is 0 Å². The van der Waals surface area contributed by atoms with Crippen molar-refractivity contribution >= 4 is 5.91 Å². The van der Waals surface area contributed by atoms with Crippen molar-refractivity contribution in [3.63, 3.8) is 0 Å². The summed E-state index contributed by atoms with van der Waals surface area (Å²) in [6, 6.07) is 4.01. The van der Waals surface area contributed by atoms with E-state index in [4.69, 9.17) is 9.72 Å². The third-order valence-corrected chi connectivity index (χ3v) is 6.93. The summed E-state index contributed by atoms with van der Waals surface area (Å²) in [6.07, 6.45) is 9.70. The number of carbonyl (C=O) groups excluding carboxylic acids is 1. The van der Waals surface area contributed by atoms with Crippen LogP contribution in [0.25, 0.3) is 0 Å². The molecule has 162 valence electrons. The van der Waals surface area contributed by atoms with Crippen molar-refractivity contribution in [3.05, 3.63) is 41.7 Å². The maximum atomic E-state index is 12.7. The Kier molecular flexibility index (Phi) is 5.41. The van der Waals surface area contributed by atoms with E-state index in [2.05, 4.69) is 21.5 Å². The summed E-state index contributed by atoms with van der Waals surface area (Å²) in [5.41, 5.74) is 2.08. The number of amides is 1. The highest BCUT2D eigenvalue weighted by molar-refractivity contribution is 5.76. The number of ether oxygens (including phenoxy) is 1. The van der Waals surface area contributed by atoms with E-state index in [0.717, 1.165) is 69.5 Å². The molecule has 0 radical (unpaired) electrons. The first kappa shape index (κ1) is 19.8. The summed E-state index contributed by atoms with van der Waals surface area (Å²) < 4.78 is 8.72. The Morgan fingerprint density at radius 1 is 1.33 bits per heavy atom. The molecule has 1 amide bonds. The van der Waals surface area contributed by atoms with Gasteiger partial charge in [-0.3, -0.25) is 4.79 Å². The monoisotopic (exact) mass is 411 g/mol. The molecule has 1 spiro atoms. The maximum Gasteiger partial charge on any atom is 0.222 e. The zero-order valence-corrected chi connectivity index (χ0v) is 18.0. The number of nitrogens with zero attached hydrogens (tertiary/aromatic N) is 4. The van der Waals surface area contributed by atoms with Crippen molar-refractivity contribution < 1.29 is 9.53 Å². The quantitative estimate of drug-likeness (QED) is 0.760. The van der Waals surface area contributed by atoms with Gasteiger partial charge in [-0.05, 0) is 44.4 Å². The van der Waals surface area contributed by atoms with E-state index >= 15 is 0 Å². The summed E-state index contributed by atoms with van der Waals surface area (Å²) in [7, 11) is 2.21. The molecule has 0 unspecified atom stereocenters. The first-order valence-electron chi connectivity index (χ1n) is 11.4. The summed E-state index contributed by atoms with van der Waals surface area (Å²) >= 11 is 0. The molecule has 2 aromatic heterocycles. The molecule has 5 rings (SSSR count). The Balaban J connectivity index is 1.21. The van der Waals surface area contributed by atoms with E-state index in [-0.39, 0.29) is 11.5 Å². The van der Waals surface area contributed by atoms with Crippen LogP contribution in [0, 0.1) is 5.92 Å². The average Bonchev–Trinajstić information content (AvgIpc) is 3.23. The van der Waals surface area contributed by atoms with Crippen molar-refractivity contribution in [2.24, 2.45) is 5.92 Å². The third-order valence-electron chi connectivity index (χ3n) is 6.93. The van der Waals surface area contributed by atoms with Gasteiger partial charge in [0.15, 0.2) is 0 Å². The first-order chi connectivity index (χ1) is 14.6. The topological polar surface area (TPSA) is 66.4 Å². The lowest BCUT2D eigenvalue weighted by molar-refractivity contribution is -0.144. The van der Waals surface area contributed by atoms with Crippen LogP contribution < -0.4 is 0 Å². The van der Waals surface area contributed by atoms with Gasteiger partial charge in [0.25, 0.3) is 0 Å². The minimum atomic E-state index is -0.332. The van der Waals surface area contributed by atoms with Gasteiger partial charge < -0.3 is 24.1 Å². The number of imidazole rings is 1. The fraction of sp³-hybridized carbons (Fsp3) is 0.652. The van der Waals surface area contributed by atoms with Gasteiger partial charge in [-0.15, -0.1) is 0 Å². The number of hydrogen-bond acceptors (Lipinski definition) is 4. The second kappa shape index (κ2) is 8.19. The summed E-state index contributed by atoms with van der Waals surface area (Å²) in [6.45, 7) is 5.22.